The number of anilines is 2. The van der Waals surface area contributed by atoms with Crippen molar-refractivity contribution in [2.45, 2.75) is 13.0 Å². The average molecular weight is 192 g/mol. The molecule has 1 amide bonds. The van der Waals surface area contributed by atoms with Crippen LogP contribution >= 0.6 is 0 Å². The molecular weight excluding hydrogens is 180 g/mol. The van der Waals surface area contributed by atoms with Gasteiger partial charge in [0.1, 0.15) is 5.75 Å². The van der Waals surface area contributed by atoms with Crippen molar-refractivity contribution in [2.75, 3.05) is 17.7 Å². The minimum atomic E-state index is -0.414. The van der Waals surface area contributed by atoms with Gasteiger partial charge in [0.05, 0.1) is 5.69 Å². The van der Waals surface area contributed by atoms with Crippen LogP contribution in [0.1, 0.15) is 6.92 Å². The van der Waals surface area contributed by atoms with Crippen molar-refractivity contribution in [1.82, 2.24) is 0 Å². The van der Waals surface area contributed by atoms with Crippen molar-refractivity contribution in [2.24, 2.45) is 0 Å². The molecule has 1 aromatic carbocycles. The minimum absolute atomic E-state index is 0.106. The molecule has 0 aromatic heterocycles. The van der Waals surface area contributed by atoms with Crippen LogP contribution in [0, 0.1) is 0 Å². The smallest absolute Gasteiger partial charge is 0.265 e. The van der Waals surface area contributed by atoms with Crippen LogP contribution in [0.15, 0.2) is 18.2 Å². The summed E-state index contributed by atoms with van der Waals surface area (Å²) < 4.78 is 5.40. The first-order valence-electron chi connectivity index (χ1n) is 4.50. The van der Waals surface area contributed by atoms with Gasteiger partial charge in [0, 0.05) is 12.7 Å². The highest BCUT2D eigenvalue weighted by Crippen LogP contribution is 2.31. The number of benzene rings is 1. The Morgan fingerprint density at radius 3 is 3.00 bits per heavy atom. The van der Waals surface area contributed by atoms with Crippen molar-refractivity contribution < 1.29 is 9.53 Å². The van der Waals surface area contributed by atoms with E-state index >= 15 is 0 Å². The van der Waals surface area contributed by atoms with E-state index in [1.807, 2.05) is 25.2 Å². The van der Waals surface area contributed by atoms with Crippen LogP contribution in [0.4, 0.5) is 11.4 Å². The van der Waals surface area contributed by atoms with E-state index in [0.717, 1.165) is 17.1 Å². The van der Waals surface area contributed by atoms with Gasteiger partial charge in [0.15, 0.2) is 6.10 Å². The molecule has 0 radical (unpaired) electrons. The lowest BCUT2D eigenvalue weighted by molar-refractivity contribution is -0.122. The van der Waals surface area contributed by atoms with E-state index in [0.29, 0.717) is 0 Å². The second kappa shape index (κ2) is 3.21. The Hall–Kier alpha value is -1.71. The predicted octanol–water partition coefficient (Wildman–Crippen LogP) is 1.45. The Balaban J connectivity index is 2.37. The molecule has 0 aliphatic carbocycles. The Morgan fingerprint density at radius 2 is 2.29 bits per heavy atom. The number of amides is 1. The van der Waals surface area contributed by atoms with E-state index in [2.05, 4.69) is 10.6 Å². The first kappa shape index (κ1) is 8.87. The van der Waals surface area contributed by atoms with Crippen molar-refractivity contribution in [3.8, 4) is 5.75 Å². The number of hydrogen-bond donors (Lipinski definition) is 2. The Bertz CT molecular complexity index is 376. The Morgan fingerprint density at radius 1 is 1.50 bits per heavy atom. The summed E-state index contributed by atoms with van der Waals surface area (Å²) in [6.45, 7) is 1.73. The molecular formula is C10H12N2O2. The zero-order valence-corrected chi connectivity index (χ0v) is 8.13. The molecule has 0 unspecified atom stereocenters. The van der Waals surface area contributed by atoms with E-state index in [1.165, 1.54) is 0 Å². The second-order valence-corrected chi connectivity index (χ2v) is 3.21. The van der Waals surface area contributed by atoms with Gasteiger partial charge in [-0.15, -0.1) is 0 Å². The number of nitrogens with one attached hydrogen (secondary N) is 2. The van der Waals surface area contributed by atoms with Gasteiger partial charge in [-0.1, -0.05) is 0 Å². The summed E-state index contributed by atoms with van der Waals surface area (Å²) in [4.78, 5) is 11.3. The van der Waals surface area contributed by atoms with Gasteiger partial charge >= 0.3 is 0 Å². The first-order valence-corrected chi connectivity index (χ1v) is 4.50. The van der Waals surface area contributed by atoms with E-state index in [4.69, 9.17) is 4.74 Å². The molecule has 1 aromatic rings. The van der Waals surface area contributed by atoms with Crippen LogP contribution in [-0.4, -0.2) is 19.1 Å². The van der Waals surface area contributed by atoms with Crippen LogP contribution in [0.2, 0.25) is 0 Å². The fourth-order valence-corrected chi connectivity index (χ4v) is 1.36. The van der Waals surface area contributed by atoms with Crippen molar-refractivity contribution in [3.05, 3.63) is 18.2 Å². The maximum absolute atomic E-state index is 11.3. The van der Waals surface area contributed by atoms with Gasteiger partial charge in [-0.25, -0.2) is 0 Å². The molecule has 0 saturated heterocycles. The Kier molecular flexibility index (Phi) is 2.04. The highest BCUT2D eigenvalue weighted by Gasteiger charge is 2.23. The van der Waals surface area contributed by atoms with Gasteiger partial charge in [0.2, 0.25) is 0 Å². The monoisotopic (exact) mass is 192 g/mol. The Labute approximate surface area is 82.3 Å². The minimum Gasteiger partial charge on any atom is -0.479 e. The molecule has 14 heavy (non-hydrogen) atoms. The fraction of sp³-hybridized carbons (Fsp3) is 0.300. The summed E-state index contributed by atoms with van der Waals surface area (Å²) in [5, 5.41) is 5.78. The fourth-order valence-electron chi connectivity index (χ4n) is 1.36. The molecule has 0 saturated carbocycles. The third-order valence-corrected chi connectivity index (χ3v) is 2.20. The normalized spacial score (nSPS) is 19.3. The van der Waals surface area contributed by atoms with E-state index in [9.17, 15) is 4.79 Å². The number of rotatable bonds is 1. The van der Waals surface area contributed by atoms with Gasteiger partial charge in [-0.3, -0.25) is 4.79 Å². The standard InChI is InChI=1S/C10H12N2O2/c1-6-10(13)12-8-5-7(11-2)3-4-9(8)14-6/h3-6,11H,1-2H3,(H,12,13)/t6-/m1/s1. The van der Waals surface area contributed by atoms with Crippen LogP contribution in [-0.2, 0) is 4.79 Å². The molecule has 0 bridgehead atoms. The topological polar surface area (TPSA) is 50.4 Å². The van der Waals surface area contributed by atoms with Crippen LogP contribution in [0.25, 0.3) is 0 Å². The molecule has 4 heteroatoms. The van der Waals surface area contributed by atoms with Crippen LogP contribution in [0.3, 0.4) is 0 Å². The molecule has 0 fully saturated rings. The molecule has 74 valence electrons. The second-order valence-electron chi connectivity index (χ2n) is 3.21. The summed E-state index contributed by atoms with van der Waals surface area (Å²) in [6.07, 6.45) is -0.414. The lowest BCUT2D eigenvalue weighted by atomic mass is 10.2. The van der Waals surface area contributed by atoms with Gasteiger partial charge in [-0.2, -0.15) is 0 Å². The highest BCUT2D eigenvalue weighted by molar-refractivity contribution is 5.98. The highest BCUT2D eigenvalue weighted by atomic mass is 16.5. The summed E-state index contributed by atoms with van der Waals surface area (Å²) in [6, 6.07) is 5.60. The van der Waals surface area contributed by atoms with Gasteiger partial charge in [-0.05, 0) is 25.1 Å². The summed E-state index contributed by atoms with van der Waals surface area (Å²) in [5.74, 6) is 0.613. The third-order valence-electron chi connectivity index (χ3n) is 2.20. The third kappa shape index (κ3) is 1.39. The van der Waals surface area contributed by atoms with E-state index in [-0.39, 0.29) is 5.91 Å². The van der Waals surface area contributed by atoms with Crippen LogP contribution in [0.5, 0.6) is 5.75 Å². The van der Waals surface area contributed by atoms with Gasteiger partial charge < -0.3 is 15.4 Å². The molecule has 4 nitrogen and oxygen atoms in total. The predicted molar refractivity (Wildman–Crippen MR) is 54.7 cm³/mol. The first-order chi connectivity index (χ1) is 6.70. The van der Waals surface area contributed by atoms with Gasteiger partial charge in [0.25, 0.3) is 5.91 Å². The lowest BCUT2D eigenvalue weighted by Gasteiger charge is -2.23. The molecule has 2 N–H and O–H groups in total. The summed E-state index contributed by atoms with van der Waals surface area (Å²) >= 11 is 0. The van der Waals surface area contributed by atoms with Crippen LogP contribution < -0.4 is 15.4 Å². The largest absolute Gasteiger partial charge is 0.479 e. The molecule has 0 spiro atoms. The molecule has 1 aliphatic rings. The number of ether oxygens (including phenoxy) is 1. The lowest BCUT2D eigenvalue weighted by Crippen LogP contribution is -2.34. The maximum atomic E-state index is 11.3. The van der Waals surface area contributed by atoms with Crippen molar-refractivity contribution in [3.63, 3.8) is 0 Å². The number of hydrogen-bond acceptors (Lipinski definition) is 3. The summed E-state index contributed by atoms with van der Waals surface area (Å²) in [5.41, 5.74) is 1.67. The molecule has 1 atom stereocenters. The number of carbonyl (C=O) groups is 1. The van der Waals surface area contributed by atoms with E-state index in [1.54, 1.807) is 6.92 Å². The van der Waals surface area contributed by atoms with Crippen molar-refractivity contribution >= 4 is 17.3 Å². The molecule has 2 rings (SSSR count). The zero-order valence-electron chi connectivity index (χ0n) is 8.13. The number of fused-ring (bicyclic) bond motifs is 1. The number of carbonyl (C=O) groups excluding carboxylic acids is 1. The SMILES string of the molecule is CNc1ccc2c(c1)NC(=O)[C@@H](C)O2. The summed E-state index contributed by atoms with van der Waals surface area (Å²) in [7, 11) is 1.83. The maximum Gasteiger partial charge on any atom is 0.265 e. The average Bonchev–Trinajstić information content (AvgIpc) is 2.19. The molecule has 1 heterocycles. The zero-order chi connectivity index (χ0) is 10.1. The quantitative estimate of drug-likeness (QED) is 0.708. The van der Waals surface area contributed by atoms with E-state index < -0.39 is 6.10 Å². The molecule has 1 aliphatic heterocycles. The van der Waals surface area contributed by atoms with Crippen molar-refractivity contribution in [1.29, 1.82) is 0 Å².